The molecular formula is C16H16N4O2. The molecule has 2 amide bonds. The summed E-state index contributed by atoms with van der Waals surface area (Å²) in [4.78, 5) is 33.6. The summed E-state index contributed by atoms with van der Waals surface area (Å²) in [5.41, 5.74) is 6.78. The SMILES string of the molecule is NC(=O)c1ccc(C(=O)N(Cc2cccnc2)C2CC2)nc1. The minimum atomic E-state index is -0.555. The van der Waals surface area contributed by atoms with Gasteiger partial charge in [-0.3, -0.25) is 19.6 Å². The van der Waals surface area contributed by atoms with E-state index in [4.69, 9.17) is 5.73 Å². The lowest BCUT2D eigenvalue weighted by Gasteiger charge is -2.22. The van der Waals surface area contributed by atoms with Gasteiger partial charge in [0.1, 0.15) is 5.69 Å². The van der Waals surface area contributed by atoms with Gasteiger partial charge in [0, 0.05) is 31.2 Å². The van der Waals surface area contributed by atoms with Gasteiger partial charge in [-0.1, -0.05) is 6.07 Å². The average molecular weight is 296 g/mol. The fraction of sp³-hybridized carbons (Fsp3) is 0.250. The normalized spacial score (nSPS) is 13.6. The number of aromatic nitrogens is 2. The Morgan fingerprint density at radius 1 is 1.23 bits per heavy atom. The lowest BCUT2D eigenvalue weighted by Crippen LogP contribution is -2.33. The molecule has 3 rings (SSSR count). The zero-order chi connectivity index (χ0) is 15.5. The Morgan fingerprint density at radius 2 is 2.05 bits per heavy atom. The van der Waals surface area contributed by atoms with Crippen LogP contribution < -0.4 is 5.73 Å². The Balaban J connectivity index is 1.79. The molecule has 0 atom stereocenters. The molecule has 2 N–H and O–H groups in total. The van der Waals surface area contributed by atoms with Crippen LogP contribution in [0.1, 0.15) is 39.3 Å². The van der Waals surface area contributed by atoms with Crippen molar-refractivity contribution in [3.05, 3.63) is 59.7 Å². The molecule has 0 aromatic carbocycles. The summed E-state index contributed by atoms with van der Waals surface area (Å²) < 4.78 is 0. The lowest BCUT2D eigenvalue weighted by molar-refractivity contribution is 0.0723. The molecule has 6 heteroatoms. The molecule has 0 saturated heterocycles. The van der Waals surface area contributed by atoms with Crippen molar-refractivity contribution in [2.45, 2.75) is 25.4 Å². The molecule has 1 aliphatic rings. The quantitative estimate of drug-likeness (QED) is 0.902. The van der Waals surface area contributed by atoms with E-state index in [1.807, 2.05) is 17.0 Å². The van der Waals surface area contributed by atoms with Crippen molar-refractivity contribution in [2.75, 3.05) is 0 Å². The van der Waals surface area contributed by atoms with Crippen molar-refractivity contribution < 1.29 is 9.59 Å². The van der Waals surface area contributed by atoms with Gasteiger partial charge < -0.3 is 10.6 Å². The van der Waals surface area contributed by atoms with Gasteiger partial charge in [0.2, 0.25) is 5.91 Å². The second-order valence-electron chi connectivity index (χ2n) is 5.32. The standard InChI is InChI=1S/C16H16N4O2/c17-15(21)12-3-6-14(19-9-12)16(22)20(13-4-5-13)10-11-2-1-7-18-8-11/h1-3,6-9,13H,4-5,10H2,(H2,17,21). The maximum atomic E-state index is 12.6. The van der Waals surface area contributed by atoms with Gasteiger partial charge in [0.15, 0.2) is 0 Å². The number of carbonyl (C=O) groups is 2. The van der Waals surface area contributed by atoms with Crippen molar-refractivity contribution in [2.24, 2.45) is 5.73 Å². The molecule has 0 spiro atoms. The third-order valence-electron chi connectivity index (χ3n) is 3.59. The molecular weight excluding hydrogens is 280 g/mol. The zero-order valence-corrected chi connectivity index (χ0v) is 12.0. The predicted octanol–water partition coefficient (Wildman–Crippen LogP) is 1.38. The molecule has 0 bridgehead atoms. The fourth-order valence-corrected chi connectivity index (χ4v) is 2.25. The molecule has 0 unspecified atom stereocenters. The van der Waals surface area contributed by atoms with Crippen LogP contribution in [0.2, 0.25) is 0 Å². The highest BCUT2D eigenvalue weighted by molar-refractivity contribution is 5.95. The van der Waals surface area contributed by atoms with Crippen molar-refractivity contribution in [1.29, 1.82) is 0 Å². The lowest BCUT2D eigenvalue weighted by atomic mass is 10.2. The molecule has 2 aromatic heterocycles. The highest BCUT2D eigenvalue weighted by atomic mass is 16.2. The molecule has 2 heterocycles. The van der Waals surface area contributed by atoms with Crippen LogP contribution in [-0.4, -0.2) is 32.7 Å². The number of amides is 2. The van der Waals surface area contributed by atoms with E-state index in [9.17, 15) is 9.59 Å². The molecule has 112 valence electrons. The van der Waals surface area contributed by atoms with E-state index >= 15 is 0 Å². The van der Waals surface area contributed by atoms with Crippen molar-refractivity contribution >= 4 is 11.8 Å². The Labute approximate surface area is 128 Å². The number of pyridine rings is 2. The van der Waals surface area contributed by atoms with Gasteiger partial charge in [-0.05, 0) is 36.6 Å². The largest absolute Gasteiger partial charge is 0.366 e. The minimum absolute atomic E-state index is 0.137. The van der Waals surface area contributed by atoms with E-state index in [0.29, 0.717) is 17.8 Å². The number of rotatable bonds is 5. The third kappa shape index (κ3) is 3.11. The summed E-state index contributed by atoms with van der Waals surface area (Å²) in [5, 5.41) is 0. The summed E-state index contributed by atoms with van der Waals surface area (Å²) in [6, 6.07) is 7.12. The number of hydrogen-bond acceptors (Lipinski definition) is 4. The van der Waals surface area contributed by atoms with E-state index in [1.54, 1.807) is 18.5 Å². The van der Waals surface area contributed by atoms with Gasteiger partial charge in [-0.2, -0.15) is 0 Å². The first-order valence-electron chi connectivity index (χ1n) is 7.11. The van der Waals surface area contributed by atoms with Crippen LogP contribution in [-0.2, 0) is 6.54 Å². The van der Waals surface area contributed by atoms with E-state index < -0.39 is 5.91 Å². The first-order valence-corrected chi connectivity index (χ1v) is 7.11. The maximum absolute atomic E-state index is 12.6. The molecule has 22 heavy (non-hydrogen) atoms. The molecule has 0 radical (unpaired) electrons. The minimum Gasteiger partial charge on any atom is -0.366 e. The number of nitrogens with zero attached hydrogens (tertiary/aromatic N) is 3. The summed E-state index contributed by atoms with van der Waals surface area (Å²) in [5.74, 6) is -0.691. The second-order valence-corrected chi connectivity index (χ2v) is 5.32. The second kappa shape index (κ2) is 5.93. The zero-order valence-electron chi connectivity index (χ0n) is 12.0. The smallest absolute Gasteiger partial charge is 0.272 e. The molecule has 1 saturated carbocycles. The van der Waals surface area contributed by atoms with Crippen LogP contribution in [0.15, 0.2) is 42.9 Å². The van der Waals surface area contributed by atoms with Crippen LogP contribution >= 0.6 is 0 Å². The van der Waals surface area contributed by atoms with Crippen LogP contribution in [0.25, 0.3) is 0 Å². The summed E-state index contributed by atoms with van der Waals surface area (Å²) in [7, 11) is 0. The number of nitrogens with two attached hydrogens (primary N) is 1. The van der Waals surface area contributed by atoms with E-state index in [-0.39, 0.29) is 11.9 Å². The maximum Gasteiger partial charge on any atom is 0.272 e. The Bertz CT molecular complexity index is 681. The Morgan fingerprint density at radius 3 is 2.59 bits per heavy atom. The Kier molecular flexibility index (Phi) is 3.82. The highest BCUT2D eigenvalue weighted by Gasteiger charge is 2.33. The number of primary amides is 1. The van der Waals surface area contributed by atoms with Crippen molar-refractivity contribution in [3.8, 4) is 0 Å². The molecule has 6 nitrogen and oxygen atoms in total. The van der Waals surface area contributed by atoms with Crippen LogP contribution in [0, 0.1) is 0 Å². The fourth-order valence-electron chi connectivity index (χ4n) is 2.25. The van der Waals surface area contributed by atoms with E-state index in [1.165, 1.54) is 12.3 Å². The van der Waals surface area contributed by atoms with Gasteiger partial charge in [0.25, 0.3) is 5.91 Å². The van der Waals surface area contributed by atoms with Gasteiger partial charge in [-0.25, -0.2) is 0 Å². The van der Waals surface area contributed by atoms with E-state index in [0.717, 1.165) is 18.4 Å². The van der Waals surface area contributed by atoms with E-state index in [2.05, 4.69) is 9.97 Å². The number of hydrogen-bond donors (Lipinski definition) is 1. The third-order valence-corrected chi connectivity index (χ3v) is 3.59. The van der Waals surface area contributed by atoms with Crippen molar-refractivity contribution in [1.82, 2.24) is 14.9 Å². The van der Waals surface area contributed by atoms with Gasteiger partial charge >= 0.3 is 0 Å². The highest BCUT2D eigenvalue weighted by Crippen LogP contribution is 2.29. The van der Waals surface area contributed by atoms with Crippen LogP contribution in [0.5, 0.6) is 0 Å². The molecule has 1 fully saturated rings. The van der Waals surface area contributed by atoms with Gasteiger partial charge in [0.05, 0.1) is 5.56 Å². The topological polar surface area (TPSA) is 89.2 Å². The first kappa shape index (κ1) is 14.2. The molecule has 0 aliphatic heterocycles. The molecule has 1 aliphatic carbocycles. The monoisotopic (exact) mass is 296 g/mol. The van der Waals surface area contributed by atoms with Crippen LogP contribution in [0.4, 0.5) is 0 Å². The number of carbonyl (C=O) groups excluding carboxylic acids is 2. The molecule has 2 aromatic rings. The predicted molar refractivity (Wildman–Crippen MR) is 79.9 cm³/mol. The summed E-state index contributed by atoms with van der Waals surface area (Å²) in [6.07, 6.45) is 6.81. The van der Waals surface area contributed by atoms with Crippen LogP contribution in [0.3, 0.4) is 0 Å². The Hall–Kier alpha value is -2.76. The summed E-state index contributed by atoms with van der Waals surface area (Å²) in [6.45, 7) is 0.511. The average Bonchev–Trinajstić information content (AvgIpc) is 3.38. The van der Waals surface area contributed by atoms with Gasteiger partial charge in [-0.15, -0.1) is 0 Å². The van der Waals surface area contributed by atoms with Crippen molar-refractivity contribution in [3.63, 3.8) is 0 Å². The first-order chi connectivity index (χ1) is 10.6. The summed E-state index contributed by atoms with van der Waals surface area (Å²) >= 11 is 0.